The standard InChI is InChI=1S/C19H24O3/c1-6-16-12(3)17(20)13(4)19(22-16)14(5)18(21)15-9-7-11(2)8-10-15/h7-10,14,18,21H,6H2,1-5H3/t14-,18+/m0/s1. The predicted molar refractivity (Wildman–Crippen MR) is 88.4 cm³/mol. The maximum atomic E-state index is 12.3. The van der Waals surface area contributed by atoms with Gasteiger partial charge < -0.3 is 9.52 Å². The maximum absolute atomic E-state index is 12.3. The summed E-state index contributed by atoms with van der Waals surface area (Å²) in [5, 5.41) is 10.6. The van der Waals surface area contributed by atoms with Gasteiger partial charge in [0.15, 0.2) is 5.43 Å². The van der Waals surface area contributed by atoms with E-state index in [1.165, 1.54) is 0 Å². The number of hydrogen-bond donors (Lipinski definition) is 1. The molecule has 118 valence electrons. The van der Waals surface area contributed by atoms with E-state index in [0.29, 0.717) is 29.1 Å². The lowest BCUT2D eigenvalue weighted by molar-refractivity contribution is 0.139. The number of rotatable bonds is 4. The van der Waals surface area contributed by atoms with Crippen LogP contribution in [-0.2, 0) is 6.42 Å². The van der Waals surface area contributed by atoms with Crippen molar-refractivity contribution in [2.24, 2.45) is 0 Å². The highest BCUT2D eigenvalue weighted by Crippen LogP contribution is 2.32. The predicted octanol–water partition coefficient (Wildman–Crippen LogP) is 3.96. The van der Waals surface area contributed by atoms with Gasteiger partial charge in [-0.25, -0.2) is 0 Å². The Kier molecular flexibility index (Phi) is 4.87. The average molecular weight is 300 g/mol. The summed E-state index contributed by atoms with van der Waals surface area (Å²) in [6, 6.07) is 7.78. The molecule has 0 aliphatic carbocycles. The first-order valence-corrected chi connectivity index (χ1v) is 7.74. The highest BCUT2D eigenvalue weighted by atomic mass is 16.3. The van der Waals surface area contributed by atoms with E-state index in [1.54, 1.807) is 13.8 Å². The molecule has 1 aromatic carbocycles. The molecule has 3 heteroatoms. The fourth-order valence-electron chi connectivity index (χ4n) is 2.77. The van der Waals surface area contributed by atoms with Crippen LogP contribution in [0.15, 0.2) is 33.5 Å². The molecule has 0 amide bonds. The molecule has 1 aromatic heterocycles. The molecule has 0 bridgehead atoms. The smallest absolute Gasteiger partial charge is 0.191 e. The largest absolute Gasteiger partial charge is 0.465 e. The Morgan fingerprint density at radius 1 is 1.09 bits per heavy atom. The summed E-state index contributed by atoms with van der Waals surface area (Å²) in [4.78, 5) is 12.3. The zero-order chi connectivity index (χ0) is 16.4. The van der Waals surface area contributed by atoms with Crippen LogP contribution < -0.4 is 5.43 Å². The molecule has 0 spiro atoms. The highest BCUT2D eigenvalue weighted by molar-refractivity contribution is 5.31. The van der Waals surface area contributed by atoms with Gasteiger partial charge in [0.05, 0.1) is 6.10 Å². The quantitative estimate of drug-likeness (QED) is 0.929. The van der Waals surface area contributed by atoms with Crippen LogP contribution >= 0.6 is 0 Å². The lowest BCUT2D eigenvalue weighted by Crippen LogP contribution is -2.18. The molecule has 2 rings (SSSR count). The van der Waals surface area contributed by atoms with Gasteiger partial charge >= 0.3 is 0 Å². The Bertz CT molecular complexity index is 711. The molecule has 0 fully saturated rings. The van der Waals surface area contributed by atoms with Crippen molar-refractivity contribution < 1.29 is 9.52 Å². The molecule has 22 heavy (non-hydrogen) atoms. The number of aliphatic hydroxyl groups excluding tert-OH is 1. The van der Waals surface area contributed by atoms with Crippen molar-refractivity contribution in [3.8, 4) is 0 Å². The van der Waals surface area contributed by atoms with Crippen molar-refractivity contribution in [2.45, 2.75) is 53.1 Å². The van der Waals surface area contributed by atoms with Crippen LogP contribution in [0, 0.1) is 20.8 Å². The Hall–Kier alpha value is -1.87. The minimum atomic E-state index is -0.699. The summed E-state index contributed by atoms with van der Waals surface area (Å²) in [6.07, 6.45) is -0.0308. The average Bonchev–Trinajstić information content (AvgIpc) is 2.52. The van der Waals surface area contributed by atoms with Crippen LogP contribution in [0.4, 0.5) is 0 Å². The summed E-state index contributed by atoms with van der Waals surface area (Å²) < 4.78 is 5.94. The topological polar surface area (TPSA) is 50.4 Å². The fourth-order valence-corrected chi connectivity index (χ4v) is 2.77. The minimum Gasteiger partial charge on any atom is -0.465 e. The van der Waals surface area contributed by atoms with Gasteiger partial charge in [0.2, 0.25) is 0 Å². The fraction of sp³-hybridized carbons (Fsp3) is 0.421. The first kappa shape index (κ1) is 16.5. The minimum absolute atomic E-state index is 0.0149. The van der Waals surface area contributed by atoms with Gasteiger partial charge in [-0.1, -0.05) is 43.7 Å². The molecule has 0 unspecified atom stereocenters. The van der Waals surface area contributed by atoms with Crippen molar-refractivity contribution in [1.29, 1.82) is 0 Å². The van der Waals surface area contributed by atoms with E-state index in [4.69, 9.17) is 4.42 Å². The first-order chi connectivity index (χ1) is 10.4. The lowest BCUT2D eigenvalue weighted by atomic mass is 9.92. The third-order valence-electron chi connectivity index (χ3n) is 4.33. The van der Waals surface area contributed by atoms with Crippen molar-refractivity contribution >= 4 is 0 Å². The van der Waals surface area contributed by atoms with Crippen LogP contribution in [0.2, 0.25) is 0 Å². The van der Waals surface area contributed by atoms with Gasteiger partial charge in [-0.05, 0) is 26.3 Å². The molecule has 1 N–H and O–H groups in total. The van der Waals surface area contributed by atoms with Crippen LogP contribution in [0.5, 0.6) is 0 Å². The number of benzene rings is 1. The molecule has 3 nitrogen and oxygen atoms in total. The van der Waals surface area contributed by atoms with Crippen LogP contribution in [0.25, 0.3) is 0 Å². The summed E-state index contributed by atoms with van der Waals surface area (Å²) in [5.74, 6) is 1.01. The molecule has 1 heterocycles. The van der Waals surface area contributed by atoms with Gasteiger partial charge in [-0.15, -0.1) is 0 Å². The number of aryl methyl sites for hydroxylation is 2. The van der Waals surface area contributed by atoms with Crippen LogP contribution in [0.3, 0.4) is 0 Å². The first-order valence-electron chi connectivity index (χ1n) is 7.74. The monoisotopic (exact) mass is 300 g/mol. The van der Waals surface area contributed by atoms with Crippen molar-refractivity contribution in [3.63, 3.8) is 0 Å². The van der Waals surface area contributed by atoms with Crippen LogP contribution in [-0.4, -0.2) is 5.11 Å². The van der Waals surface area contributed by atoms with Gasteiger partial charge in [-0.3, -0.25) is 4.79 Å². The zero-order valence-corrected chi connectivity index (χ0v) is 13.9. The van der Waals surface area contributed by atoms with Crippen molar-refractivity contribution in [1.82, 2.24) is 0 Å². The van der Waals surface area contributed by atoms with E-state index < -0.39 is 6.10 Å². The second-order valence-electron chi connectivity index (χ2n) is 5.97. The Labute approximate surface area is 131 Å². The van der Waals surface area contributed by atoms with Gasteiger partial charge in [0.1, 0.15) is 11.5 Å². The van der Waals surface area contributed by atoms with E-state index in [0.717, 1.165) is 11.1 Å². The van der Waals surface area contributed by atoms with Crippen LogP contribution in [0.1, 0.15) is 59.6 Å². The summed E-state index contributed by atoms with van der Waals surface area (Å²) >= 11 is 0. The molecule has 0 aliphatic heterocycles. The second kappa shape index (κ2) is 6.49. The number of hydrogen-bond acceptors (Lipinski definition) is 3. The molecule has 0 saturated carbocycles. The summed E-state index contributed by atoms with van der Waals surface area (Å²) in [7, 11) is 0. The lowest BCUT2D eigenvalue weighted by Gasteiger charge is -2.21. The highest BCUT2D eigenvalue weighted by Gasteiger charge is 2.24. The summed E-state index contributed by atoms with van der Waals surface area (Å²) in [6.45, 7) is 9.43. The van der Waals surface area contributed by atoms with E-state index in [1.807, 2.05) is 45.0 Å². The molecular formula is C19H24O3. The molecule has 0 saturated heterocycles. The molecule has 0 radical (unpaired) electrons. The van der Waals surface area contributed by atoms with Gasteiger partial charge in [0, 0.05) is 23.5 Å². The molecule has 2 aromatic rings. The van der Waals surface area contributed by atoms with Gasteiger partial charge in [-0.2, -0.15) is 0 Å². The van der Waals surface area contributed by atoms with Gasteiger partial charge in [0.25, 0.3) is 0 Å². The molecular weight excluding hydrogens is 276 g/mol. The van der Waals surface area contributed by atoms with E-state index >= 15 is 0 Å². The van der Waals surface area contributed by atoms with E-state index in [-0.39, 0.29) is 11.3 Å². The normalized spacial score (nSPS) is 13.9. The second-order valence-corrected chi connectivity index (χ2v) is 5.97. The molecule has 0 aliphatic rings. The maximum Gasteiger partial charge on any atom is 0.191 e. The van der Waals surface area contributed by atoms with E-state index in [9.17, 15) is 9.90 Å². The molecule has 2 atom stereocenters. The summed E-state index contributed by atoms with van der Waals surface area (Å²) in [5.41, 5.74) is 3.25. The Morgan fingerprint density at radius 2 is 1.68 bits per heavy atom. The third-order valence-corrected chi connectivity index (χ3v) is 4.33. The van der Waals surface area contributed by atoms with Crippen molar-refractivity contribution in [3.05, 3.63) is 68.3 Å². The Morgan fingerprint density at radius 3 is 2.23 bits per heavy atom. The zero-order valence-electron chi connectivity index (χ0n) is 13.9. The van der Waals surface area contributed by atoms with E-state index in [2.05, 4.69) is 0 Å². The number of aliphatic hydroxyl groups is 1. The SMILES string of the molecule is CCc1oc([C@@H](C)[C@@H](O)c2ccc(C)cc2)c(C)c(=O)c1C. The van der Waals surface area contributed by atoms with Crippen molar-refractivity contribution in [2.75, 3.05) is 0 Å². The third kappa shape index (κ3) is 3.00. The Balaban J connectivity index is 2.44.